The number of carbonyl (C=O) groups excluding carboxylic acids is 1. The number of nitrogens with one attached hydrogen (secondary N) is 2. The fourth-order valence-electron chi connectivity index (χ4n) is 1.62. The predicted octanol–water partition coefficient (Wildman–Crippen LogP) is 1.83. The Labute approximate surface area is 125 Å². The van der Waals surface area contributed by atoms with Gasteiger partial charge in [0.15, 0.2) is 0 Å². The molecule has 0 fully saturated rings. The minimum Gasteiger partial charge on any atom is -0.495 e. The van der Waals surface area contributed by atoms with Crippen LogP contribution in [-0.4, -0.2) is 51.6 Å². The Balaban J connectivity index is 2.37. The number of amides is 1. The van der Waals surface area contributed by atoms with Gasteiger partial charge in [-0.15, -0.1) is 0 Å². The first-order chi connectivity index (χ1) is 9.52. The van der Waals surface area contributed by atoms with Crippen molar-refractivity contribution in [1.29, 1.82) is 0 Å². The number of anilines is 1. The predicted molar refractivity (Wildman–Crippen MR) is 82.7 cm³/mol. The molecule has 1 aromatic rings. The van der Waals surface area contributed by atoms with Crippen LogP contribution in [0.1, 0.15) is 6.42 Å². The van der Waals surface area contributed by atoms with Gasteiger partial charge in [-0.1, -0.05) is 11.6 Å². The number of halogens is 1. The summed E-state index contributed by atoms with van der Waals surface area (Å²) in [6.07, 6.45) is 0.406. The molecular weight excluding hydrogens is 278 g/mol. The smallest absolute Gasteiger partial charge is 0.225 e. The Morgan fingerprint density at radius 1 is 1.35 bits per heavy atom. The molecule has 5 nitrogen and oxygen atoms in total. The molecule has 0 saturated heterocycles. The van der Waals surface area contributed by atoms with Crippen molar-refractivity contribution in [3.8, 4) is 5.75 Å². The summed E-state index contributed by atoms with van der Waals surface area (Å²) in [6.45, 7) is 2.45. The SMILES string of the molecule is COc1ccc(Cl)cc1NC(=O)CCNCCN(C)C. The molecule has 0 unspecified atom stereocenters. The van der Waals surface area contributed by atoms with Crippen molar-refractivity contribution in [2.45, 2.75) is 6.42 Å². The van der Waals surface area contributed by atoms with E-state index in [1.165, 1.54) is 0 Å². The lowest BCUT2D eigenvalue weighted by molar-refractivity contribution is -0.116. The van der Waals surface area contributed by atoms with E-state index < -0.39 is 0 Å². The summed E-state index contributed by atoms with van der Waals surface area (Å²) in [5.41, 5.74) is 0.596. The Hall–Kier alpha value is -1.30. The molecule has 0 bridgehead atoms. The number of carbonyl (C=O) groups is 1. The van der Waals surface area contributed by atoms with Crippen LogP contribution in [0.15, 0.2) is 18.2 Å². The maximum absolute atomic E-state index is 11.8. The second-order valence-corrected chi connectivity index (χ2v) is 5.13. The fourth-order valence-corrected chi connectivity index (χ4v) is 1.79. The Morgan fingerprint density at radius 2 is 2.10 bits per heavy atom. The zero-order valence-electron chi connectivity index (χ0n) is 12.2. The highest BCUT2D eigenvalue weighted by atomic mass is 35.5. The molecule has 0 radical (unpaired) electrons. The van der Waals surface area contributed by atoms with E-state index in [2.05, 4.69) is 15.5 Å². The van der Waals surface area contributed by atoms with Gasteiger partial charge in [-0.25, -0.2) is 0 Å². The lowest BCUT2D eigenvalue weighted by Crippen LogP contribution is -2.29. The van der Waals surface area contributed by atoms with Crippen LogP contribution in [0.25, 0.3) is 0 Å². The molecule has 1 aromatic carbocycles. The topological polar surface area (TPSA) is 53.6 Å². The van der Waals surface area contributed by atoms with Crippen molar-refractivity contribution >= 4 is 23.2 Å². The lowest BCUT2D eigenvalue weighted by atomic mass is 10.2. The van der Waals surface area contributed by atoms with E-state index in [0.29, 0.717) is 29.4 Å². The van der Waals surface area contributed by atoms with Crippen LogP contribution in [0.5, 0.6) is 5.75 Å². The van der Waals surface area contributed by atoms with Gasteiger partial charge in [0, 0.05) is 31.1 Å². The average Bonchev–Trinajstić information content (AvgIpc) is 2.38. The van der Waals surface area contributed by atoms with E-state index in [1.807, 2.05) is 14.1 Å². The number of rotatable bonds is 8. The van der Waals surface area contributed by atoms with Crippen molar-refractivity contribution in [2.75, 3.05) is 46.2 Å². The van der Waals surface area contributed by atoms with Crippen molar-refractivity contribution in [3.63, 3.8) is 0 Å². The number of methoxy groups -OCH3 is 1. The van der Waals surface area contributed by atoms with Gasteiger partial charge in [-0.2, -0.15) is 0 Å². The van der Waals surface area contributed by atoms with E-state index in [-0.39, 0.29) is 5.91 Å². The molecule has 0 aliphatic carbocycles. The standard InChI is InChI=1S/C14H22ClN3O2/c1-18(2)9-8-16-7-6-14(19)17-12-10-11(15)4-5-13(12)20-3/h4-5,10,16H,6-9H2,1-3H3,(H,17,19). The van der Waals surface area contributed by atoms with Crippen LogP contribution in [0.4, 0.5) is 5.69 Å². The van der Waals surface area contributed by atoms with E-state index in [9.17, 15) is 4.79 Å². The molecule has 0 atom stereocenters. The molecule has 0 aliphatic heterocycles. The minimum absolute atomic E-state index is 0.0667. The first-order valence-electron chi connectivity index (χ1n) is 6.51. The summed E-state index contributed by atoms with van der Waals surface area (Å²) in [7, 11) is 5.58. The normalized spacial score (nSPS) is 10.7. The molecule has 20 heavy (non-hydrogen) atoms. The molecule has 0 aliphatic rings. The Kier molecular flexibility index (Phi) is 7.36. The van der Waals surface area contributed by atoms with E-state index in [1.54, 1.807) is 25.3 Å². The molecule has 1 rings (SSSR count). The largest absolute Gasteiger partial charge is 0.495 e. The van der Waals surface area contributed by atoms with Crippen LogP contribution in [0.2, 0.25) is 5.02 Å². The second-order valence-electron chi connectivity index (χ2n) is 4.70. The number of hydrogen-bond donors (Lipinski definition) is 2. The highest BCUT2D eigenvalue weighted by Gasteiger charge is 2.08. The quantitative estimate of drug-likeness (QED) is 0.719. The lowest BCUT2D eigenvalue weighted by Gasteiger charge is -2.12. The fraction of sp³-hybridized carbons (Fsp3) is 0.500. The van der Waals surface area contributed by atoms with Crippen LogP contribution < -0.4 is 15.4 Å². The molecular formula is C14H22ClN3O2. The highest BCUT2D eigenvalue weighted by molar-refractivity contribution is 6.31. The molecule has 2 N–H and O–H groups in total. The molecule has 0 heterocycles. The molecule has 1 amide bonds. The van der Waals surface area contributed by atoms with Crippen LogP contribution in [0, 0.1) is 0 Å². The van der Waals surface area contributed by atoms with E-state index in [0.717, 1.165) is 13.1 Å². The number of benzene rings is 1. The first kappa shape index (κ1) is 16.8. The summed E-state index contributed by atoms with van der Waals surface area (Å²) >= 11 is 5.91. The van der Waals surface area contributed by atoms with Crippen molar-refractivity contribution in [2.24, 2.45) is 0 Å². The molecule has 0 spiro atoms. The summed E-state index contributed by atoms with van der Waals surface area (Å²) in [5.74, 6) is 0.534. The van der Waals surface area contributed by atoms with Gasteiger partial charge in [0.05, 0.1) is 12.8 Å². The number of likely N-dealkylation sites (N-methyl/N-ethyl adjacent to an activating group) is 1. The zero-order chi connectivity index (χ0) is 15.0. The van der Waals surface area contributed by atoms with Gasteiger partial charge < -0.3 is 20.3 Å². The first-order valence-corrected chi connectivity index (χ1v) is 6.89. The van der Waals surface area contributed by atoms with Crippen LogP contribution in [-0.2, 0) is 4.79 Å². The van der Waals surface area contributed by atoms with Gasteiger partial charge in [0.2, 0.25) is 5.91 Å². The van der Waals surface area contributed by atoms with Crippen LogP contribution >= 0.6 is 11.6 Å². The van der Waals surface area contributed by atoms with Crippen molar-refractivity contribution in [3.05, 3.63) is 23.2 Å². The monoisotopic (exact) mass is 299 g/mol. The van der Waals surface area contributed by atoms with E-state index in [4.69, 9.17) is 16.3 Å². The summed E-state index contributed by atoms with van der Waals surface area (Å²) < 4.78 is 5.18. The van der Waals surface area contributed by atoms with E-state index >= 15 is 0 Å². The third-order valence-corrected chi connectivity index (χ3v) is 2.94. The Morgan fingerprint density at radius 3 is 2.75 bits per heavy atom. The van der Waals surface area contributed by atoms with Gasteiger partial charge >= 0.3 is 0 Å². The highest BCUT2D eigenvalue weighted by Crippen LogP contribution is 2.27. The second kappa shape index (κ2) is 8.79. The summed E-state index contributed by atoms with van der Waals surface area (Å²) in [6, 6.07) is 5.13. The third-order valence-electron chi connectivity index (χ3n) is 2.70. The summed E-state index contributed by atoms with van der Waals surface area (Å²) in [5, 5.41) is 6.58. The number of nitrogens with zero attached hydrogens (tertiary/aromatic N) is 1. The van der Waals surface area contributed by atoms with Crippen molar-refractivity contribution in [1.82, 2.24) is 10.2 Å². The summed E-state index contributed by atoms with van der Waals surface area (Å²) in [4.78, 5) is 13.9. The molecule has 0 saturated carbocycles. The van der Waals surface area contributed by atoms with Gasteiger partial charge in [-0.05, 0) is 32.3 Å². The zero-order valence-corrected chi connectivity index (χ0v) is 13.0. The third kappa shape index (κ3) is 6.23. The Bertz CT molecular complexity index is 438. The minimum atomic E-state index is -0.0667. The molecule has 0 aromatic heterocycles. The maximum Gasteiger partial charge on any atom is 0.225 e. The average molecular weight is 300 g/mol. The number of ether oxygens (including phenoxy) is 1. The number of hydrogen-bond acceptors (Lipinski definition) is 4. The molecule has 6 heteroatoms. The van der Waals surface area contributed by atoms with Gasteiger partial charge in [0.25, 0.3) is 0 Å². The van der Waals surface area contributed by atoms with Crippen molar-refractivity contribution < 1.29 is 9.53 Å². The van der Waals surface area contributed by atoms with Gasteiger partial charge in [0.1, 0.15) is 5.75 Å². The maximum atomic E-state index is 11.8. The van der Waals surface area contributed by atoms with Gasteiger partial charge in [-0.3, -0.25) is 4.79 Å². The molecule has 112 valence electrons. The van der Waals surface area contributed by atoms with Crippen LogP contribution in [0.3, 0.4) is 0 Å².